The smallest absolute Gasteiger partial charge is 0.163 e. The van der Waals surface area contributed by atoms with E-state index in [0.717, 1.165) is 18.7 Å². The van der Waals surface area contributed by atoms with Crippen LogP contribution in [-0.2, 0) is 6.54 Å². The predicted molar refractivity (Wildman–Crippen MR) is 63.4 cm³/mol. The first-order valence-corrected chi connectivity index (χ1v) is 6.21. The fraction of sp³-hybridized carbons (Fsp3) is 0.455. The van der Waals surface area contributed by atoms with Gasteiger partial charge in [-0.3, -0.25) is 0 Å². The summed E-state index contributed by atoms with van der Waals surface area (Å²) in [6.45, 7) is 4.89. The molecule has 0 saturated carbocycles. The molecule has 1 unspecified atom stereocenters. The Balaban J connectivity index is 2.26. The number of aliphatic hydroxyl groups is 1. The van der Waals surface area contributed by atoms with Crippen LogP contribution in [0.5, 0.6) is 0 Å². The Morgan fingerprint density at radius 3 is 3.00 bits per heavy atom. The van der Waals surface area contributed by atoms with E-state index in [0.29, 0.717) is 10.8 Å². The van der Waals surface area contributed by atoms with E-state index in [1.54, 1.807) is 6.20 Å². The fourth-order valence-corrected chi connectivity index (χ4v) is 2.38. The van der Waals surface area contributed by atoms with Crippen molar-refractivity contribution in [1.82, 2.24) is 14.5 Å². The summed E-state index contributed by atoms with van der Waals surface area (Å²) in [5.41, 5.74) is 0.938. The summed E-state index contributed by atoms with van der Waals surface area (Å²) in [5.74, 6) is 0.677. The van der Waals surface area contributed by atoms with Crippen molar-refractivity contribution in [1.29, 1.82) is 0 Å². The lowest BCUT2D eigenvalue weighted by molar-refractivity contribution is 0.203. The molecule has 0 radical (unpaired) electrons. The Bertz CT molecular complexity index is 463. The van der Waals surface area contributed by atoms with Crippen molar-refractivity contribution in [2.24, 2.45) is 0 Å². The molecule has 5 heteroatoms. The number of aromatic nitrogens is 3. The first-order valence-electron chi connectivity index (χ1n) is 5.33. The summed E-state index contributed by atoms with van der Waals surface area (Å²) in [7, 11) is 0. The highest BCUT2D eigenvalue weighted by Crippen LogP contribution is 2.23. The number of hydrogen-bond acceptors (Lipinski definition) is 4. The van der Waals surface area contributed by atoms with Gasteiger partial charge in [0.05, 0.1) is 0 Å². The number of hydrogen-bond donors (Lipinski definition) is 1. The highest BCUT2D eigenvalue weighted by molar-refractivity contribution is 7.09. The molecule has 0 bridgehead atoms. The van der Waals surface area contributed by atoms with E-state index in [1.807, 2.05) is 23.1 Å². The molecule has 86 valence electrons. The summed E-state index contributed by atoms with van der Waals surface area (Å²) in [6.07, 6.45) is 3.92. The van der Waals surface area contributed by atoms with Crippen molar-refractivity contribution in [2.75, 3.05) is 0 Å². The minimum absolute atomic E-state index is 0.677. The molecule has 0 aliphatic heterocycles. The minimum Gasteiger partial charge on any atom is -0.378 e. The molecule has 1 N–H and O–H groups in total. The number of nitrogens with zero attached hydrogens (tertiary/aromatic N) is 3. The molecule has 0 fully saturated rings. The fourth-order valence-electron chi connectivity index (χ4n) is 1.61. The highest BCUT2D eigenvalue weighted by atomic mass is 32.1. The second-order valence-corrected chi connectivity index (χ2v) is 4.60. The lowest BCUT2D eigenvalue weighted by atomic mass is 10.3. The number of thiazole rings is 1. The van der Waals surface area contributed by atoms with E-state index >= 15 is 0 Å². The minimum atomic E-state index is -0.708. The van der Waals surface area contributed by atoms with Crippen LogP contribution in [0.1, 0.15) is 36.0 Å². The van der Waals surface area contributed by atoms with Crippen LogP contribution in [0.4, 0.5) is 0 Å². The van der Waals surface area contributed by atoms with Crippen molar-refractivity contribution in [3.05, 3.63) is 34.3 Å². The Morgan fingerprint density at radius 2 is 2.38 bits per heavy atom. The summed E-state index contributed by atoms with van der Waals surface area (Å²) >= 11 is 1.47. The SMILES string of the molecule is CCCn1ccnc1C(O)c1nc(C)cs1. The van der Waals surface area contributed by atoms with Gasteiger partial charge < -0.3 is 9.67 Å². The number of aryl methyl sites for hydroxylation is 2. The zero-order valence-corrected chi connectivity index (χ0v) is 10.2. The van der Waals surface area contributed by atoms with Crippen LogP contribution in [0.2, 0.25) is 0 Å². The Morgan fingerprint density at radius 1 is 1.56 bits per heavy atom. The van der Waals surface area contributed by atoms with E-state index in [-0.39, 0.29) is 0 Å². The zero-order valence-electron chi connectivity index (χ0n) is 9.42. The first kappa shape index (κ1) is 11.3. The van der Waals surface area contributed by atoms with E-state index < -0.39 is 6.10 Å². The van der Waals surface area contributed by atoms with Gasteiger partial charge in [0.15, 0.2) is 6.10 Å². The molecule has 0 aromatic carbocycles. The van der Waals surface area contributed by atoms with Crippen LogP contribution in [0.3, 0.4) is 0 Å². The van der Waals surface area contributed by atoms with Crippen LogP contribution in [0.25, 0.3) is 0 Å². The van der Waals surface area contributed by atoms with E-state index in [9.17, 15) is 5.11 Å². The normalized spacial score (nSPS) is 12.9. The molecule has 2 aromatic rings. The van der Waals surface area contributed by atoms with E-state index in [2.05, 4.69) is 16.9 Å². The largest absolute Gasteiger partial charge is 0.378 e. The summed E-state index contributed by atoms with van der Waals surface area (Å²) in [5, 5.41) is 12.8. The lowest BCUT2D eigenvalue weighted by Gasteiger charge is -2.10. The average molecular weight is 237 g/mol. The van der Waals surface area contributed by atoms with Crippen LogP contribution >= 0.6 is 11.3 Å². The zero-order chi connectivity index (χ0) is 11.5. The molecular formula is C11H15N3OS. The quantitative estimate of drug-likeness (QED) is 0.886. The monoisotopic (exact) mass is 237 g/mol. The predicted octanol–water partition coefficient (Wildman–Crippen LogP) is 2.14. The topological polar surface area (TPSA) is 50.9 Å². The molecule has 2 aromatic heterocycles. The van der Waals surface area contributed by atoms with Gasteiger partial charge in [0, 0.05) is 30.0 Å². The average Bonchev–Trinajstić information content (AvgIpc) is 2.87. The molecule has 0 amide bonds. The molecule has 16 heavy (non-hydrogen) atoms. The van der Waals surface area contributed by atoms with Gasteiger partial charge >= 0.3 is 0 Å². The van der Waals surface area contributed by atoms with Gasteiger partial charge in [0.1, 0.15) is 10.8 Å². The summed E-state index contributed by atoms with van der Waals surface area (Å²) < 4.78 is 1.97. The van der Waals surface area contributed by atoms with Crippen molar-refractivity contribution < 1.29 is 5.11 Å². The van der Waals surface area contributed by atoms with Gasteiger partial charge in [-0.1, -0.05) is 6.92 Å². The van der Waals surface area contributed by atoms with Gasteiger partial charge in [-0.15, -0.1) is 11.3 Å². The molecule has 0 saturated heterocycles. The standard InChI is InChI=1S/C11H15N3OS/c1-3-5-14-6-4-12-10(14)9(15)11-13-8(2)7-16-11/h4,6-7,9,15H,3,5H2,1-2H3. The number of rotatable bonds is 4. The summed E-state index contributed by atoms with van der Waals surface area (Å²) in [4.78, 5) is 8.48. The molecule has 0 aliphatic rings. The highest BCUT2D eigenvalue weighted by Gasteiger charge is 2.18. The lowest BCUT2D eigenvalue weighted by Crippen LogP contribution is -2.09. The van der Waals surface area contributed by atoms with Crippen LogP contribution in [-0.4, -0.2) is 19.6 Å². The molecule has 0 aliphatic carbocycles. The first-order chi connectivity index (χ1) is 7.72. The van der Waals surface area contributed by atoms with Crippen LogP contribution < -0.4 is 0 Å². The molecule has 1 atom stereocenters. The molecule has 0 spiro atoms. The third-order valence-corrected chi connectivity index (χ3v) is 3.34. The van der Waals surface area contributed by atoms with Crippen molar-refractivity contribution in [3.8, 4) is 0 Å². The second-order valence-electron chi connectivity index (χ2n) is 3.71. The third-order valence-electron chi connectivity index (χ3n) is 2.33. The molecule has 2 rings (SSSR count). The molecular weight excluding hydrogens is 222 g/mol. The van der Waals surface area contributed by atoms with Crippen molar-refractivity contribution in [2.45, 2.75) is 32.9 Å². The van der Waals surface area contributed by atoms with Crippen molar-refractivity contribution in [3.63, 3.8) is 0 Å². The Labute approximate surface area is 98.6 Å². The van der Waals surface area contributed by atoms with Gasteiger partial charge in [0.25, 0.3) is 0 Å². The number of aliphatic hydroxyl groups excluding tert-OH is 1. The maximum Gasteiger partial charge on any atom is 0.163 e. The maximum absolute atomic E-state index is 10.2. The number of imidazole rings is 1. The van der Waals surface area contributed by atoms with E-state index in [4.69, 9.17) is 0 Å². The Hall–Kier alpha value is -1.20. The molecule has 2 heterocycles. The van der Waals surface area contributed by atoms with Gasteiger partial charge in [0.2, 0.25) is 0 Å². The second kappa shape index (κ2) is 4.76. The Kier molecular flexibility index (Phi) is 3.36. The van der Waals surface area contributed by atoms with Crippen molar-refractivity contribution >= 4 is 11.3 Å². The van der Waals surface area contributed by atoms with Gasteiger partial charge in [-0.05, 0) is 13.3 Å². The maximum atomic E-state index is 10.2. The third kappa shape index (κ3) is 2.15. The molecule has 4 nitrogen and oxygen atoms in total. The van der Waals surface area contributed by atoms with Crippen LogP contribution in [0, 0.1) is 6.92 Å². The van der Waals surface area contributed by atoms with Crippen LogP contribution in [0.15, 0.2) is 17.8 Å². The summed E-state index contributed by atoms with van der Waals surface area (Å²) in [6, 6.07) is 0. The van der Waals surface area contributed by atoms with Gasteiger partial charge in [-0.2, -0.15) is 0 Å². The van der Waals surface area contributed by atoms with E-state index in [1.165, 1.54) is 11.3 Å². The van der Waals surface area contributed by atoms with Gasteiger partial charge in [-0.25, -0.2) is 9.97 Å².